The van der Waals surface area contributed by atoms with Crippen LogP contribution in [0.5, 0.6) is 0 Å². The molecule has 0 saturated heterocycles. The van der Waals surface area contributed by atoms with Gasteiger partial charge in [0.2, 0.25) is 0 Å². The lowest BCUT2D eigenvalue weighted by Gasteiger charge is -2.30. The van der Waals surface area contributed by atoms with Gasteiger partial charge in [0.05, 0.1) is 5.92 Å². The van der Waals surface area contributed by atoms with E-state index in [9.17, 15) is 9.90 Å². The molecule has 2 saturated carbocycles. The van der Waals surface area contributed by atoms with E-state index in [-0.39, 0.29) is 12.0 Å². The Kier molecular flexibility index (Phi) is 4.08. The number of hydrogen-bond acceptors (Lipinski definition) is 2. The molecule has 0 aromatic heterocycles. The summed E-state index contributed by atoms with van der Waals surface area (Å²) in [5.41, 5.74) is 0. The van der Waals surface area contributed by atoms with Crippen LogP contribution in [0.1, 0.15) is 46.0 Å². The van der Waals surface area contributed by atoms with Crippen LogP contribution in [0.3, 0.4) is 0 Å². The lowest BCUT2D eigenvalue weighted by Crippen LogP contribution is -2.45. The molecule has 2 bridgehead atoms. The first-order chi connectivity index (χ1) is 8.17. The van der Waals surface area contributed by atoms with Crippen LogP contribution in [-0.4, -0.2) is 23.7 Å². The van der Waals surface area contributed by atoms with Crippen LogP contribution in [0.2, 0.25) is 0 Å². The maximum absolute atomic E-state index is 11.3. The van der Waals surface area contributed by atoms with Gasteiger partial charge in [0.25, 0.3) is 0 Å². The molecule has 0 aromatic carbocycles. The first kappa shape index (κ1) is 12.9. The van der Waals surface area contributed by atoms with E-state index >= 15 is 0 Å². The molecular formula is C14H25NO2. The van der Waals surface area contributed by atoms with Crippen LogP contribution < -0.4 is 5.32 Å². The molecule has 2 aliphatic rings. The van der Waals surface area contributed by atoms with Gasteiger partial charge in [-0.1, -0.05) is 26.7 Å². The number of carboxylic acid groups (broad SMARTS) is 1. The molecule has 0 spiro atoms. The first-order valence-corrected chi connectivity index (χ1v) is 7.13. The van der Waals surface area contributed by atoms with Crippen LogP contribution >= 0.6 is 0 Å². The normalized spacial score (nSPS) is 35.7. The fourth-order valence-electron chi connectivity index (χ4n) is 3.82. The standard InChI is InChI=1S/C14H25NO2/c1-3-9(4-2)8-15-13-11-6-5-10(7-11)12(13)14(16)17/h9-13,15H,3-8H2,1-2H3,(H,16,17). The van der Waals surface area contributed by atoms with Gasteiger partial charge in [0.15, 0.2) is 0 Å². The van der Waals surface area contributed by atoms with Crippen LogP contribution in [0.15, 0.2) is 0 Å². The Morgan fingerprint density at radius 2 is 1.94 bits per heavy atom. The zero-order valence-corrected chi connectivity index (χ0v) is 11.0. The van der Waals surface area contributed by atoms with Crippen molar-refractivity contribution in [2.75, 3.05) is 6.54 Å². The third-order valence-corrected chi connectivity index (χ3v) is 5.00. The van der Waals surface area contributed by atoms with Crippen LogP contribution in [0.25, 0.3) is 0 Å². The Balaban J connectivity index is 1.92. The Bertz CT molecular complexity index is 275. The minimum atomic E-state index is -0.584. The van der Waals surface area contributed by atoms with Crippen molar-refractivity contribution in [2.45, 2.75) is 52.0 Å². The summed E-state index contributed by atoms with van der Waals surface area (Å²) in [6.45, 7) is 5.42. The van der Waals surface area contributed by atoms with Crippen molar-refractivity contribution < 1.29 is 9.90 Å². The van der Waals surface area contributed by atoms with E-state index in [1.165, 1.54) is 19.3 Å². The number of fused-ring (bicyclic) bond motifs is 2. The van der Waals surface area contributed by atoms with Gasteiger partial charge in [-0.15, -0.1) is 0 Å². The molecule has 2 rings (SSSR count). The van der Waals surface area contributed by atoms with Crippen molar-refractivity contribution in [1.82, 2.24) is 5.32 Å². The van der Waals surface area contributed by atoms with Crippen molar-refractivity contribution in [2.24, 2.45) is 23.7 Å². The molecule has 2 aliphatic carbocycles. The molecule has 17 heavy (non-hydrogen) atoms. The second-order valence-corrected chi connectivity index (χ2v) is 5.81. The average molecular weight is 239 g/mol. The Morgan fingerprint density at radius 3 is 2.53 bits per heavy atom. The zero-order valence-electron chi connectivity index (χ0n) is 11.0. The molecule has 4 unspecified atom stereocenters. The number of nitrogens with one attached hydrogen (secondary N) is 1. The minimum Gasteiger partial charge on any atom is -0.481 e. The average Bonchev–Trinajstić information content (AvgIpc) is 2.90. The summed E-state index contributed by atoms with van der Waals surface area (Å²) in [6.07, 6.45) is 5.86. The fraction of sp³-hybridized carbons (Fsp3) is 0.929. The predicted octanol–water partition coefficient (Wildman–Crippen LogP) is 2.51. The van der Waals surface area contributed by atoms with Crippen molar-refractivity contribution in [3.8, 4) is 0 Å². The predicted molar refractivity (Wildman–Crippen MR) is 67.8 cm³/mol. The number of rotatable bonds is 6. The van der Waals surface area contributed by atoms with Crippen LogP contribution in [0, 0.1) is 23.7 Å². The molecule has 0 heterocycles. The quantitative estimate of drug-likeness (QED) is 0.748. The van der Waals surface area contributed by atoms with E-state index in [2.05, 4.69) is 19.2 Å². The number of carboxylic acids is 1. The third kappa shape index (κ3) is 2.49. The highest BCUT2D eigenvalue weighted by molar-refractivity contribution is 5.72. The molecule has 0 radical (unpaired) electrons. The second-order valence-electron chi connectivity index (χ2n) is 5.81. The van der Waals surface area contributed by atoms with Crippen molar-refractivity contribution in [3.63, 3.8) is 0 Å². The number of aliphatic carboxylic acids is 1. The number of hydrogen-bond donors (Lipinski definition) is 2. The Morgan fingerprint density at radius 1 is 1.29 bits per heavy atom. The van der Waals surface area contributed by atoms with Gasteiger partial charge in [-0.3, -0.25) is 4.79 Å². The molecule has 0 amide bonds. The van der Waals surface area contributed by atoms with Crippen molar-refractivity contribution in [1.29, 1.82) is 0 Å². The molecule has 98 valence electrons. The van der Waals surface area contributed by atoms with Gasteiger partial charge in [0.1, 0.15) is 0 Å². The molecule has 0 aliphatic heterocycles. The second kappa shape index (κ2) is 5.38. The summed E-state index contributed by atoms with van der Waals surface area (Å²) in [5.74, 6) is 1.05. The summed E-state index contributed by atoms with van der Waals surface area (Å²) in [6, 6.07) is 0.242. The maximum atomic E-state index is 11.3. The molecule has 3 nitrogen and oxygen atoms in total. The van der Waals surface area contributed by atoms with Gasteiger partial charge in [-0.25, -0.2) is 0 Å². The smallest absolute Gasteiger partial charge is 0.308 e. The van der Waals surface area contributed by atoms with E-state index in [1.807, 2.05) is 0 Å². The molecule has 2 fully saturated rings. The summed E-state index contributed by atoms with van der Waals surface area (Å²) in [5, 5.41) is 12.9. The summed E-state index contributed by atoms with van der Waals surface area (Å²) in [7, 11) is 0. The van der Waals surface area contributed by atoms with E-state index in [0.29, 0.717) is 17.8 Å². The maximum Gasteiger partial charge on any atom is 0.308 e. The van der Waals surface area contributed by atoms with E-state index < -0.39 is 5.97 Å². The van der Waals surface area contributed by atoms with Gasteiger partial charge < -0.3 is 10.4 Å². The summed E-state index contributed by atoms with van der Waals surface area (Å²) >= 11 is 0. The SMILES string of the molecule is CCC(CC)CNC1C2CCC(C2)C1C(=O)O. The Labute approximate surface area is 104 Å². The first-order valence-electron chi connectivity index (χ1n) is 7.13. The van der Waals surface area contributed by atoms with Gasteiger partial charge in [-0.05, 0) is 43.6 Å². The van der Waals surface area contributed by atoms with E-state index in [4.69, 9.17) is 0 Å². The fourth-order valence-corrected chi connectivity index (χ4v) is 3.82. The van der Waals surface area contributed by atoms with Crippen molar-refractivity contribution in [3.05, 3.63) is 0 Å². The van der Waals surface area contributed by atoms with Gasteiger partial charge >= 0.3 is 5.97 Å². The van der Waals surface area contributed by atoms with Gasteiger partial charge in [-0.2, -0.15) is 0 Å². The van der Waals surface area contributed by atoms with E-state index in [1.54, 1.807) is 0 Å². The lowest BCUT2D eigenvalue weighted by molar-refractivity contribution is -0.144. The van der Waals surface area contributed by atoms with Gasteiger partial charge in [0, 0.05) is 6.04 Å². The Hall–Kier alpha value is -0.570. The van der Waals surface area contributed by atoms with Crippen molar-refractivity contribution >= 4 is 5.97 Å². The largest absolute Gasteiger partial charge is 0.481 e. The molecule has 3 heteroatoms. The molecule has 4 atom stereocenters. The lowest BCUT2D eigenvalue weighted by atomic mass is 9.84. The molecule has 0 aromatic rings. The highest BCUT2D eigenvalue weighted by atomic mass is 16.4. The topological polar surface area (TPSA) is 49.3 Å². The number of carbonyl (C=O) groups is 1. The summed E-state index contributed by atoms with van der Waals surface area (Å²) < 4.78 is 0. The highest BCUT2D eigenvalue weighted by Crippen LogP contribution is 2.48. The summed E-state index contributed by atoms with van der Waals surface area (Å²) in [4.78, 5) is 11.3. The zero-order chi connectivity index (χ0) is 12.4. The third-order valence-electron chi connectivity index (χ3n) is 5.00. The van der Waals surface area contributed by atoms with Crippen LogP contribution in [0.4, 0.5) is 0 Å². The monoisotopic (exact) mass is 239 g/mol. The minimum absolute atomic E-state index is 0.122. The highest BCUT2D eigenvalue weighted by Gasteiger charge is 2.50. The van der Waals surface area contributed by atoms with Crippen LogP contribution in [-0.2, 0) is 4.79 Å². The molecular weight excluding hydrogens is 214 g/mol. The molecule has 2 N–H and O–H groups in total. The van der Waals surface area contributed by atoms with E-state index in [0.717, 1.165) is 19.4 Å².